The Labute approximate surface area is 235 Å². The van der Waals surface area contributed by atoms with E-state index < -0.39 is 58.1 Å². The van der Waals surface area contributed by atoms with Gasteiger partial charge in [0, 0.05) is 0 Å². The van der Waals surface area contributed by atoms with Crippen LogP contribution in [0.5, 0.6) is 11.5 Å². The molecule has 0 saturated heterocycles. The number of aryl methyl sites for hydroxylation is 1. The van der Waals surface area contributed by atoms with E-state index in [9.17, 15) is 26.7 Å². The van der Waals surface area contributed by atoms with Crippen molar-refractivity contribution >= 4 is 5.97 Å². The Balaban J connectivity index is 1.41. The molecule has 0 unspecified atom stereocenters. The van der Waals surface area contributed by atoms with Gasteiger partial charge in [-0.25, -0.2) is 22.4 Å². The van der Waals surface area contributed by atoms with Crippen LogP contribution in [0, 0.1) is 41.8 Å². The van der Waals surface area contributed by atoms with Crippen LogP contribution in [0.15, 0.2) is 36.4 Å². The number of rotatable bonds is 10. The molecule has 0 bridgehead atoms. The van der Waals surface area contributed by atoms with Gasteiger partial charge in [0.1, 0.15) is 0 Å². The Kier molecular flexibility index (Phi) is 9.99. The van der Waals surface area contributed by atoms with E-state index in [0.717, 1.165) is 37.5 Å². The van der Waals surface area contributed by atoms with E-state index in [1.54, 1.807) is 6.07 Å². The first kappa shape index (κ1) is 30.5. The minimum atomic E-state index is -1.48. The van der Waals surface area contributed by atoms with E-state index in [0.29, 0.717) is 32.1 Å². The maximum absolute atomic E-state index is 15.1. The number of esters is 1. The Hall–Kier alpha value is -3.49. The van der Waals surface area contributed by atoms with Gasteiger partial charge in [0.2, 0.25) is 11.6 Å². The predicted octanol–water partition coefficient (Wildman–Crippen LogP) is 9.45. The second kappa shape index (κ2) is 13.4. The van der Waals surface area contributed by atoms with Crippen molar-refractivity contribution in [2.45, 2.75) is 77.0 Å². The summed E-state index contributed by atoms with van der Waals surface area (Å²) in [5.74, 6) is -10.5. The lowest BCUT2D eigenvalue weighted by Gasteiger charge is -2.29. The average Bonchev–Trinajstić information content (AvgIpc) is 2.97. The maximum atomic E-state index is 15.1. The topological polar surface area (TPSA) is 35.5 Å². The lowest BCUT2D eigenvalue weighted by Crippen LogP contribution is -2.17. The SMILES string of the molecule is CCCCCCOc1ccc(OC(=O)c2ccc(C3CCC(c4ccc(C)c(F)c4F)CC3)c(F)c2F)c(F)c1F. The normalized spacial score (nSPS) is 17.0. The van der Waals surface area contributed by atoms with E-state index in [1.807, 2.05) is 6.92 Å². The smallest absolute Gasteiger partial charge is 0.346 e. The predicted molar refractivity (Wildman–Crippen MR) is 142 cm³/mol. The molecule has 0 spiro atoms. The molecule has 0 N–H and O–H groups in total. The summed E-state index contributed by atoms with van der Waals surface area (Å²) in [6.45, 7) is 3.71. The molecule has 0 heterocycles. The molecule has 41 heavy (non-hydrogen) atoms. The van der Waals surface area contributed by atoms with Gasteiger partial charge in [0.05, 0.1) is 12.2 Å². The zero-order valence-electron chi connectivity index (χ0n) is 23.0. The molecule has 0 aliphatic heterocycles. The minimum Gasteiger partial charge on any atom is -0.490 e. The third-order valence-electron chi connectivity index (χ3n) is 7.71. The van der Waals surface area contributed by atoms with Crippen molar-refractivity contribution in [3.05, 3.63) is 93.6 Å². The minimum absolute atomic E-state index is 0.0470. The fourth-order valence-corrected chi connectivity index (χ4v) is 5.30. The number of unbranched alkanes of at least 4 members (excludes halogenated alkanes) is 3. The molecular formula is C32H32F6O3. The monoisotopic (exact) mass is 578 g/mol. The lowest BCUT2D eigenvalue weighted by atomic mass is 9.75. The zero-order chi connectivity index (χ0) is 29.7. The van der Waals surface area contributed by atoms with Gasteiger partial charge in [-0.3, -0.25) is 0 Å². The Morgan fingerprint density at radius 1 is 0.683 bits per heavy atom. The van der Waals surface area contributed by atoms with E-state index in [1.165, 1.54) is 19.1 Å². The number of carbonyl (C=O) groups is 1. The number of ether oxygens (including phenoxy) is 2. The molecule has 3 nitrogen and oxygen atoms in total. The third kappa shape index (κ3) is 6.71. The fourth-order valence-electron chi connectivity index (χ4n) is 5.30. The van der Waals surface area contributed by atoms with E-state index >= 15 is 4.39 Å². The molecule has 0 radical (unpaired) electrons. The van der Waals surface area contributed by atoms with Crippen molar-refractivity contribution in [3.63, 3.8) is 0 Å². The number of benzene rings is 3. The van der Waals surface area contributed by atoms with Gasteiger partial charge in [0.15, 0.2) is 34.8 Å². The highest BCUT2D eigenvalue weighted by atomic mass is 19.2. The second-order valence-corrected chi connectivity index (χ2v) is 10.5. The van der Waals surface area contributed by atoms with Crippen molar-refractivity contribution in [2.24, 2.45) is 0 Å². The summed E-state index contributed by atoms with van der Waals surface area (Å²) in [5.41, 5.74) is -0.242. The molecule has 1 fully saturated rings. The highest BCUT2D eigenvalue weighted by Crippen LogP contribution is 2.43. The molecule has 220 valence electrons. The number of halogens is 6. The van der Waals surface area contributed by atoms with Crippen LogP contribution in [0.2, 0.25) is 0 Å². The molecule has 4 rings (SSSR count). The van der Waals surface area contributed by atoms with Crippen molar-refractivity contribution in [2.75, 3.05) is 6.61 Å². The lowest BCUT2D eigenvalue weighted by molar-refractivity contribution is 0.0720. The first-order valence-electron chi connectivity index (χ1n) is 13.9. The summed E-state index contributed by atoms with van der Waals surface area (Å²) in [6.07, 6.45) is 5.24. The first-order chi connectivity index (χ1) is 19.6. The van der Waals surface area contributed by atoms with Crippen molar-refractivity contribution < 1.29 is 40.6 Å². The number of hydrogen-bond acceptors (Lipinski definition) is 3. The summed E-state index contributed by atoms with van der Waals surface area (Å²) in [5, 5.41) is 0. The van der Waals surface area contributed by atoms with Gasteiger partial charge in [-0.15, -0.1) is 0 Å². The van der Waals surface area contributed by atoms with Crippen LogP contribution in [-0.4, -0.2) is 12.6 Å². The third-order valence-corrected chi connectivity index (χ3v) is 7.71. The van der Waals surface area contributed by atoms with Crippen LogP contribution in [-0.2, 0) is 0 Å². The number of hydrogen-bond donors (Lipinski definition) is 0. The molecule has 1 aliphatic carbocycles. The standard InChI is InChI=1S/C32H32F6O3/c1-3-4-5-6-17-40-24-15-16-25(31(38)30(24)37)41-32(39)23-14-13-22(28(35)29(23)36)20-10-8-19(9-11-20)21-12-7-18(2)26(33)27(21)34/h7,12-16,19-20H,3-6,8-11,17H2,1-2H3. The molecule has 1 aliphatic rings. The fraction of sp³-hybridized carbons (Fsp3) is 0.406. The van der Waals surface area contributed by atoms with Gasteiger partial charge < -0.3 is 9.47 Å². The van der Waals surface area contributed by atoms with Gasteiger partial charge >= 0.3 is 5.97 Å². The largest absolute Gasteiger partial charge is 0.490 e. The highest BCUT2D eigenvalue weighted by molar-refractivity contribution is 5.91. The average molecular weight is 579 g/mol. The maximum Gasteiger partial charge on any atom is 0.346 e. The first-order valence-corrected chi connectivity index (χ1v) is 13.9. The van der Waals surface area contributed by atoms with E-state index in [2.05, 4.69) is 0 Å². The molecular weight excluding hydrogens is 546 g/mol. The second-order valence-electron chi connectivity index (χ2n) is 10.5. The van der Waals surface area contributed by atoms with Crippen LogP contribution in [0.25, 0.3) is 0 Å². The molecule has 0 aromatic heterocycles. The van der Waals surface area contributed by atoms with Gasteiger partial charge in [-0.1, -0.05) is 44.4 Å². The van der Waals surface area contributed by atoms with Crippen molar-refractivity contribution in [3.8, 4) is 11.5 Å². The van der Waals surface area contributed by atoms with Gasteiger partial charge in [-0.2, -0.15) is 8.78 Å². The number of carbonyl (C=O) groups excluding carboxylic acids is 1. The molecule has 1 saturated carbocycles. The van der Waals surface area contributed by atoms with Crippen molar-refractivity contribution in [1.82, 2.24) is 0 Å². The molecule has 0 amide bonds. The summed E-state index contributed by atoms with van der Waals surface area (Å²) >= 11 is 0. The zero-order valence-corrected chi connectivity index (χ0v) is 23.0. The van der Waals surface area contributed by atoms with Crippen molar-refractivity contribution in [1.29, 1.82) is 0 Å². The van der Waals surface area contributed by atoms with Gasteiger partial charge in [-0.05, 0) is 85.8 Å². The Bertz CT molecular complexity index is 1400. The summed E-state index contributed by atoms with van der Waals surface area (Å²) in [4.78, 5) is 12.6. The summed E-state index contributed by atoms with van der Waals surface area (Å²) in [6, 6.07) is 7.47. The Morgan fingerprint density at radius 3 is 1.88 bits per heavy atom. The molecule has 3 aromatic carbocycles. The summed E-state index contributed by atoms with van der Waals surface area (Å²) in [7, 11) is 0. The Morgan fingerprint density at radius 2 is 1.24 bits per heavy atom. The van der Waals surface area contributed by atoms with Crippen LogP contribution in [0.3, 0.4) is 0 Å². The quantitative estimate of drug-likeness (QED) is 0.104. The van der Waals surface area contributed by atoms with Crippen LogP contribution >= 0.6 is 0 Å². The summed E-state index contributed by atoms with van der Waals surface area (Å²) < 4.78 is 97.6. The van der Waals surface area contributed by atoms with Crippen LogP contribution in [0.4, 0.5) is 26.3 Å². The van der Waals surface area contributed by atoms with E-state index in [4.69, 9.17) is 9.47 Å². The molecule has 0 atom stereocenters. The van der Waals surface area contributed by atoms with E-state index in [-0.39, 0.29) is 35.0 Å². The van der Waals surface area contributed by atoms with Crippen LogP contribution < -0.4 is 9.47 Å². The van der Waals surface area contributed by atoms with Crippen LogP contribution in [0.1, 0.15) is 97.2 Å². The highest BCUT2D eigenvalue weighted by Gasteiger charge is 2.30. The molecule has 9 heteroatoms. The van der Waals surface area contributed by atoms with Gasteiger partial charge in [0.25, 0.3) is 0 Å². The molecule has 3 aromatic rings.